The number of hydrogen-bond donors (Lipinski definition) is 4. The van der Waals surface area contributed by atoms with Gasteiger partial charge in [-0.25, -0.2) is 9.97 Å². The van der Waals surface area contributed by atoms with Gasteiger partial charge in [-0.1, -0.05) is 0 Å². The normalized spacial score (nSPS) is 14.6. The first-order valence-corrected chi connectivity index (χ1v) is 8.49. The zero-order valence-electron chi connectivity index (χ0n) is 12.9. The summed E-state index contributed by atoms with van der Waals surface area (Å²) in [5.74, 6) is 1.26. The molecule has 0 fully saturated rings. The summed E-state index contributed by atoms with van der Waals surface area (Å²) >= 11 is 1.67. The highest BCUT2D eigenvalue weighted by molar-refractivity contribution is 7.98. The fourth-order valence-corrected chi connectivity index (χ4v) is 3.29. The van der Waals surface area contributed by atoms with Crippen LogP contribution in [0.15, 0.2) is 12.5 Å². The minimum absolute atomic E-state index is 0.0231. The number of nitrogens with two attached hydrogens (primary N) is 1. The Labute approximate surface area is 133 Å². The van der Waals surface area contributed by atoms with Gasteiger partial charge in [-0.15, -0.1) is 0 Å². The SMILES string of the molecule is CSC[C@H](CN(C)Cc1c[nH]c2c(N)ncnc12)[C@H](O)CO. The summed E-state index contributed by atoms with van der Waals surface area (Å²) in [4.78, 5) is 13.5. The maximum atomic E-state index is 9.90. The second-order valence-corrected chi connectivity index (χ2v) is 6.37. The molecular weight excluding hydrogens is 302 g/mol. The number of nitrogens with one attached hydrogen (secondary N) is 1. The van der Waals surface area contributed by atoms with Crippen LogP contribution in [0.25, 0.3) is 11.0 Å². The lowest BCUT2D eigenvalue weighted by Crippen LogP contribution is -2.36. The average molecular weight is 325 g/mol. The predicted octanol–water partition coefficient (Wildman–Crippen LogP) is 0.304. The topological polar surface area (TPSA) is 111 Å². The first-order chi connectivity index (χ1) is 10.6. The number of aromatic amines is 1. The molecule has 0 aromatic carbocycles. The number of H-pyrrole nitrogens is 1. The third-order valence-electron chi connectivity index (χ3n) is 3.67. The van der Waals surface area contributed by atoms with Crippen LogP contribution in [-0.4, -0.2) is 68.4 Å². The van der Waals surface area contributed by atoms with E-state index in [1.165, 1.54) is 6.33 Å². The molecule has 2 rings (SSSR count). The van der Waals surface area contributed by atoms with Gasteiger partial charge in [0.2, 0.25) is 0 Å². The lowest BCUT2D eigenvalue weighted by Gasteiger charge is -2.26. The standard InChI is InChI=1S/C14H23N5O2S/c1-19(5-10(7-22-2)11(21)6-20)4-9-3-16-13-12(9)17-8-18-14(13)15/h3,8,10-11,16,20-21H,4-7H2,1-2H3,(H2,15,17,18)/t10-,11+/m0/s1. The van der Waals surface area contributed by atoms with Crippen LogP contribution < -0.4 is 5.73 Å². The van der Waals surface area contributed by atoms with Gasteiger partial charge < -0.3 is 25.8 Å². The van der Waals surface area contributed by atoms with Gasteiger partial charge in [0, 0.05) is 30.8 Å². The van der Waals surface area contributed by atoms with Crippen LogP contribution in [0.3, 0.4) is 0 Å². The molecule has 0 bridgehead atoms. The number of anilines is 1. The lowest BCUT2D eigenvalue weighted by atomic mass is 10.0. The molecule has 7 nitrogen and oxygen atoms in total. The van der Waals surface area contributed by atoms with Crippen LogP contribution in [0.1, 0.15) is 5.56 Å². The number of aromatic nitrogens is 3. The number of nitrogen functional groups attached to an aromatic ring is 1. The largest absolute Gasteiger partial charge is 0.394 e. The smallest absolute Gasteiger partial charge is 0.151 e. The summed E-state index contributed by atoms with van der Waals surface area (Å²) in [6.45, 7) is 1.16. The maximum Gasteiger partial charge on any atom is 0.151 e. The van der Waals surface area contributed by atoms with E-state index < -0.39 is 6.10 Å². The van der Waals surface area contributed by atoms with E-state index in [1.807, 2.05) is 19.5 Å². The third kappa shape index (κ3) is 3.89. The highest BCUT2D eigenvalue weighted by Gasteiger charge is 2.20. The van der Waals surface area contributed by atoms with Crippen molar-refractivity contribution in [1.82, 2.24) is 19.9 Å². The molecule has 2 heterocycles. The van der Waals surface area contributed by atoms with E-state index in [-0.39, 0.29) is 12.5 Å². The molecule has 2 aromatic rings. The Morgan fingerprint density at radius 1 is 1.45 bits per heavy atom. The fourth-order valence-electron chi connectivity index (χ4n) is 2.54. The van der Waals surface area contributed by atoms with E-state index >= 15 is 0 Å². The second-order valence-electron chi connectivity index (χ2n) is 5.46. The molecule has 2 aromatic heterocycles. The van der Waals surface area contributed by atoms with Gasteiger partial charge in [0.15, 0.2) is 5.82 Å². The van der Waals surface area contributed by atoms with E-state index in [4.69, 9.17) is 10.8 Å². The molecule has 0 aliphatic carbocycles. The average Bonchev–Trinajstić information content (AvgIpc) is 2.90. The van der Waals surface area contributed by atoms with Crippen molar-refractivity contribution < 1.29 is 10.2 Å². The van der Waals surface area contributed by atoms with E-state index in [0.29, 0.717) is 18.9 Å². The van der Waals surface area contributed by atoms with Crippen molar-refractivity contribution in [2.45, 2.75) is 12.6 Å². The summed E-state index contributed by atoms with van der Waals surface area (Å²) in [5, 5.41) is 19.1. The number of nitrogens with zero attached hydrogens (tertiary/aromatic N) is 3. The molecular formula is C14H23N5O2S. The molecule has 0 radical (unpaired) electrons. The van der Waals surface area contributed by atoms with E-state index in [1.54, 1.807) is 11.8 Å². The minimum atomic E-state index is -0.698. The quantitative estimate of drug-likeness (QED) is 0.552. The highest BCUT2D eigenvalue weighted by atomic mass is 32.2. The molecule has 0 spiro atoms. The molecule has 8 heteroatoms. The molecule has 2 atom stereocenters. The molecule has 0 saturated heterocycles. The van der Waals surface area contributed by atoms with Crippen molar-refractivity contribution in [3.05, 3.63) is 18.1 Å². The Morgan fingerprint density at radius 3 is 2.91 bits per heavy atom. The van der Waals surface area contributed by atoms with Crippen molar-refractivity contribution in [3.8, 4) is 0 Å². The van der Waals surface area contributed by atoms with Crippen molar-refractivity contribution >= 4 is 28.6 Å². The lowest BCUT2D eigenvalue weighted by molar-refractivity contribution is 0.0423. The van der Waals surface area contributed by atoms with Gasteiger partial charge in [0.1, 0.15) is 11.8 Å². The molecule has 122 valence electrons. The number of thioether (sulfide) groups is 1. The van der Waals surface area contributed by atoms with Gasteiger partial charge in [-0.05, 0) is 19.1 Å². The molecule has 0 aliphatic rings. The maximum absolute atomic E-state index is 9.90. The number of hydrogen-bond acceptors (Lipinski definition) is 7. The molecule has 0 saturated carbocycles. The van der Waals surface area contributed by atoms with Gasteiger partial charge in [0.05, 0.1) is 18.2 Å². The van der Waals surface area contributed by atoms with Gasteiger partial charge in [-0.2, -0.15) is 11.8 Å². The van der Waals surface area contributed by atoms with Gasteiger partial charge in [0.25, 0.3) is 0 Å². The fraction of sp³-hybridized carbons (Fsp3) is 0.571. The molecule has 0 aliphatic heterocycles. The van der Waals surface area contributed by atoms with Gasteiger partial charge in [-0.3, -0.25) is 0 Å². The number of aliphatic hydroxyl groups excluding tert-OH is 2. The molecule has 22 heavy (non-hydrogen) atoms. The minimum Gasteiger partial charge on any atom is -0.394 e. The van der Waals surface area contributed by atoms with E-state index in [0.717, 1.165) is 22.3 Å². The van der Waals surface area contributed by atoms with Crippen molar-refractivity contribution in [1.29, 1.82) is 0 Å². The van der Waals surface area contributed by atoms with Crippen LogP contribution >= 0.6 is 11.8 Å². The van der Waals surface area contributed by atoms with Crippen molar-refractivity contribution in [2.75, 3.05) is 37.9 Å². The highest BCUT2D eigenvalue weighted by Crippen LogP contribution is 2.21. The van der Waals surface area contributed by atoms with Gasteiger partial charge >= 0.3 is 0 Å². The predicted molar refractivity (Wildman–Crippen MR) is 89.6 cm³/mol. The second kappa shape index (κ2) is 7.77. The van der Waals surface area contributed by atoms with Crippen LogP contribution in [0, 0.1) is 5.92 Å². The third-order valence-corrected chi connectivity index (χ3v) is 4.43. The van der Waals surface area contributed by atoms with E-state index in [2.05, 4.69) is 19.9 Å². The first kappa shape index (κ1) is 17.0. The first-order valence-electron chi connectivity index (χ1n) is 7.09. The molecule has 0 unspecified atom stereocenters. The Morgan fingerprint density at radius 2 is 2.23 bits per heavy atom. The van der Waals surface area contributed by atoms with Crippen LogP contribution in [0.4, 0.5) is 5.82 Å². The Hall–Kier alpha value is -1.35. The Balaban J connectivity index is 2.06. The van der Waals surface area contributed by atoms with Crippen LogP contribution in [0.2, 0.25) is 0 Å². The molecule has 0 amide bonds. The Bertz CT molecular complexity index is 606. The zero-order chi connectivity index (χ0) is 16.1. The monoisotopic (exact) mass is 325 g/mol. The Kier molecular flexibility index (Phi) is 6.01. The summed E-state index contributed by atoms with van der Waals surface area (Å²) in [5.41, 5.74) is 8.43. The zero-order valence-corrected chi connectivity index (χ0v) is 13.7. The number of aliphatic hydroxyl groups is 2. The van der Waals surface area contributed by atoms with Crippen LogP contribution in [-0.2, 0) is 6.54 Å². The van der Waals surface area contributed by atoms with Crippen molar-refractivity contribution in [2.24, 2.45) is 5.92 Å². The summed E-state index contributed by atoms with van der Waals surface area (Å²) in [6, 6.07) is 0. The van der Waals surface area contributed by atoms with Crippen molar-refractivity contribution in [3.63, 3.8) is 0 Å². The summed E-state index contributed by atoms with van der Waals surface area (Å²) in [6.07, 6.45) is 4.64. The number of rotatable bonds is 8. The molecule has 5 N–H and O–H groups in total. The van der Waals surface area contributed by atoms with E-state index in [9.17, 15) is 5.11 Å². The summed E-state index contributed by atoms with van der Waals surface area (Å²) < 4.78 is 0. The van der Waals surface area contributed by atoms with Crippen LogP contribution in [0.5, 0.6) is 0 Å². The number of fused-ring (bicyclic) bond motifs is 1. The summed E-state index contributed by atoms with van der Waals surface area (Å²) in [7, 11) is 1.99.